The van der Waals surface area contributed by atoms with Crippen LogP contribution in [0.25, 0.3) is 21.9 Å². The van der Waals surface area contributed by atoms with E-state index in [4.69, 9.17) is 20.2 Å². The van der Waals surface area contributed by atoms with E-state index in [-0.39, 0.29) is 5.91 Å². The molecule has 1 saturated heterocycles. The van der Waals surface area contributed by atoms with E-state index in [1.807, 2.05) is 48.2 Å². The van der Waals surface area contributed by atoms with Gasteiger partial charge in [0.1, 0.15) is 17.1 Å². The number of nitrogens with zero attached hydrogens (tertiary/aromatic N) is 6. The first kappa shape index (κ1) is 32.7. The summed E-state index contributed by atoms with van der Waals surface area (Å²) in [5, 5.41) is 1.06. The molecular weight excluding hydrogens is 566 g/mol. The normalized spacial score (nSPS) is 14.4. The molecule has 2 aromatic carbocycles. The zero-order chi connectivity index (χ0) is 31.6. The number of rotatable bonds is 16. The van der Waals surface area contributed by atoms with Gasteiger partial charge in [-0.3, -0.25) is 14.6 Å². The number of carbonyl (C=O) groups is 1. The molecule has 2 N–H and O–H groups in total. The summed E-state index contributed by atoms with van der Waals surface area (Å²) < 4.78 is 13.3. The summed E-state index contributed by atoms with van der Waals surface area (Å²) in [5.74, 6) is 2.49. The predicted molar refractivity (Wildman–Crippen MR) is 180 cm³/mol. The second kappa shape index (κ2) is 16.0. The fourth-order valence-electron chi connectivity index (χ4n) is 6.19. The molecule has 0 saturated carbocycles. The maximum absolute atomic E-state index is 13.9. The van der Waals surface area contributed by atoms with Crippen molar-refractivity contribution in [1.82, 2.24) is 29.2 Å². The number of anilines is 1. The highest BCUT2D eigenvalue weighted by molar-refractivity contribution is 6.06. The van der Waals surface area contributed by atoms with Crippen molar-refractivity contribution in [2.75, 3.05) is 71.9 Å². The first-order chi connectivity index (χ1) is 22.0. The number of aromatic nitrogens is 3. The molecule has 5 rings (SSSR count). The van der Waals surface area contributed by atoms with Gasteiger partial charge in [-0.1, -0.05) is 43.7 Å². The number of fused-ring (bicyclic) bond motifs is 3. The molecule has 0 spiro atoms. The Kier molecular flexibility index (Phi) is 11.6. The number of unbranched alkanes of at least 4 members (excludes halogenated alkanes) is 1. The minimum absolute atomic E-state index is 0.155. The number of methoxy groups -OCH3 is 1. The first-order valence-electron chi connectivity index (χ1n) is 16.5. The van der Waals surface area contributed by atoms with Crippen LogP contribution in [-0.4, -0.2) is 101 Å². The molecule has 2 aromatic heterocycles. The molecule has 242 valence electrons. The van der Waals surface area contributed by atoms with E-state index in [9.17, 15) is 4.79 Å². The van der Waals surface area contributed by atoms with Crippen LogP contribution in [0.5, 0.6) is 5.75 Å². The SMILES string of the molecule is CCCCc1nc2c(N)nc3ccccc3c2n1CCCN(Cc1cccc(OCC)c1)C(=O)CN1CCN(CCOC)CC1. The van der Waals surface area contributed by atoms with Crippen LogP contribution in [0.4, 0.5) is 5.82 Å². The fraction of sp³-hybridized carbons (Fsp3) is 0.514. The van der Waals surface area contributed by atoms with Crippen molar-refractivity contribution < 1.29 is 14.3 Å². The van der Waals surface area contributed by atoms with Crippen LogP contribution < -0.4 is 10.5 Å². The summed E-state index contributed by atoms with van der Waals surface area (Å²) in [5.41, 5.74) is 10.2. The number of hydrogen-bond acceptors (Lipinski definition) is 8. The van der Waals surface area contributed by atoms with Gasteiger partial charge >= 0.3 is 0 Å². The second-order valence-electron chi connectivity index (χ2n) is 11.9. The number of piperazine rings is 1. The molecule has 45 heavy (non-hydrogen) atoms. The van der Waals surface area contributed by atoms with Crippen LogP contribution in [0.1, 0.15) is 44.5 Å². The Labute approximate surface area is 267 Å². The minimum atomic E-state index is 0.155. The average Bonchev–Trinajstić information content (AvgIpc) is 3.42. The third-order valence-corrected chi connectivity index (χ3v) is 8.62. The fourth-order valence-corrected chi connectivity index (χ4v) is 6.19. The highest BCUT2D eigenvalue weighted by Crippen LogP contribution is 2.29. The Morgan fingerprint density at radius 1 is 0.978 bits per heavy atom. The highest BCUT2D eigenvalue weighted by atomic mass is 16.5. The number of aryl methyl sites for hydroxylation is 2. The van der Waals surface area contributed by atoms with E-state index in [1.54, 1.807) is 7.11 Å². The van der Waals surface area contributed by atoms with E-state index in [0.717, 1.165) is 111 Å². The van der Waals surface area contributed by atoms with Gasteiger partial charge in [0.05, 0.1) is 30.8 Å². The lowest BCUT2D eigenvalue weighted by molar-refractivity contribution is -0.133. The van der Waals surface area contributed by atoms with E-state index in [2.05, 4.69) is 38.4 Å². The van der Waals surface area contributed by atoms with Gasteiger partial charge in [-0.05, 0) is 43.5 Å². The van der Waals surface area contributed by atoms with Crippen molar-refractivity contribution in [1.29, 1.82) is 0 Å². The van der Waals surface area contributed by atoms with Gasteiger partial charge in [-0.25, -0.2) is 9.97 Å². The maximum atomic E-state index is 13.9. The number of nitrogens with two attached hydrogens (primary N) is 1. The van der Waals surface area contributed by atoms with Gasteiger partial charge in [-0.15, -0.1) is 0 Å². The van der Waals surface area contributed by atoms with Crippen LogP contribution in [0, 0.1) is 0 Å². The van der Waals surface area contributed by atoms with Gasteiger partial charge in [0.25, 0.3) is 0 Å². The van der Waals surface area contributed by atoms with Crippen molar-refractivity contribution in [3.8, 4) is 5.75 Å². The number of benzene rings is 2. The molecule has 0 radical (unpaired) electrons. The summed E-state index contributed by atoms with van der Waals surface area (Å²) >= 11 is 0. The lowest BCUT2D eigenvalue weighted by Gasteiger charge is -2.35. The Balaban J connectivity index is 1.35. The molecule has 3 heterocycles. The minimum Gasteiger partial charge on any atom is -0.494 e. The second-order valence-corrected chi connectivity index (χ2v) is 11.9. The number of nitrogen functional groups attached to an aromatic ring is 1. The Bertz CT molecular complexity index is 1550. The highest BCUT2D eigenvalue weighted by Gasteiger charge is 2.23. The molecule has 10 heteroatoms. The third-order valence-electron chi connectivity index (χ3n) is 8.62. The largest absolute Gasteiger partial charge is 0.494 e. The van der Waals surface area contributed by atoms with E-state index >= 15 is 0 Å². The lowest BCUT2D eigenvalue weighted by atomic mass is 10.1. The molecule has 1 aliphatic heterocycles. The summed E-state index contributed by atoms with van der Waals surface area (Å²) in [4.78, 5) is 30.2. The van der Waals surface area contributed by atoms with Crippen molar-refractivity contribution in [2.45, 2.75) is 52.6 Å². The molecule has 0 unspecified atom stereocenters. The van der Waals surface area contributed by atoms with Gasteiger partial charge in [0.2, 0.25) is 5.91 Å². The smallest absolute Gasteiger partial charge is 0.237 e. The van der Waals surface area contributed by atoms with Crippen LogP contribution in [0.3, 0.4) is 0 Å². The number of ether oxygens (including phenoxy) is 2. The molecule has 0 bridgehead atoms. The van der Waals surface area contributed by atoms with Crippen LogP contribution in [-0.2, 0) is 29.0 Å². The van der Waals surface area contributed by atoms with Crippen LogP contribution >= 0.6 is 0 Å². The van der Waals surface area contributed by atoms with Crippen LogP contribution in [0.15, 0.2) is 48.5 Å². The van der Waals surface area contributed by atoms with Crippen molar-refractivity contribution >= 4 is 33.7 Å². The Hall–Kier alpha value is -3.73. The first-order valence-corrected chi connectivity index (χ1v) is 16.5. The zero-order valence-corrected chi connectivity index (χ0v) is 27.2. The molecular formula is C35H49N7O3. The van der Waals surface area contributed by atoms with Crippen molar-refractivity contribution in [3.63, 3.8) is 0 Å². The van der Waals surface area contributed by atoms with Gasteiger partial charge in [-0.2, -0.15) is 0 Å². The average molecular weight is 616 g/mol. The zero-order valence-electron chi connectivity index (χ0n) is 27.2. The topological polar surface area (TPSA) is 102 Å². The number of pyridine rings is 1. The van der Waals surface area contributed by atoms with Gasteiger partial charge < -0.3 is 24.7 Å². The Morgan fingerprint density at radius 3 is 2.56 bits per heavy atom. The van der Waals surface area contributed by atoms with E-state index in [1.165, 1.54) is 0 Å². The number of hydrogen-bond donors (Lipinski definition) is 1. The summed E-state index contributed by atoms with van der Waals surface area (Å²) in [6.07, 6.45) is 3.81. The summed E-state index contributed by atoms with van der Waals surface area (Å²) in [6, 6.07) is 16.2. The number of para-hydroxylation sites is 1. The number of amides is 1. The maximum Gasteiger partial charge on any atom is 0.237 e. The van der Waals surface area contributed by atoms with Gasteiger partial charge in [0.15, 0.2) is 5.82 Å². The molecule has 1 fully saturated rings. The van der Waals surface area contributed by atoms with E-state index < -0.39 is 0 Å². The monoisotopic (exact) mass is 615 g/mol. The van der Waals surface area contributed by atoms with Crippen molar-refractivity contribution in [2.24, 2.45) is 0 Å². The summed E-state index contributed by atoms with van der Waals surface area (Å²) in [7, 11) is 1.74. The molecule has 1 amide bonds. The molecule has 0 aliphatic carbocycles. The van der Waals surface area contributed by atoms with Crippen LogP contribution in [0.2, 0.25) is 0 Å². The predicted octanol–water partition coefficient (Wildman–Crippen LogP) is 4.59. The molecule has 1 aliphatic rings. The molecule has 4 aromatic rings. The Morgan fingerprint density at radius 2 is 1.78 bits per heavy atom. The summed E-state index contributed by atoms with van der Waals surface area (Å²) in [6.45, 7) is 12.5. The molecule has 0 atom stereocenters. The van der Waals surface area contributed by atoms with Crippen molar-refractivity contribution in [3.05, 3.63) is 59.9 Å². The molecule has 10 nitrogen and oxygen atoms in total. The standard InChI is InChI=1S/C35H49N7O3/c1-4-6-15-31-38-33-34(29-13-7-8-14-30(29)37-35(33)36)42(31)17-10-16-41(25-27-11-9-12-28(24-27)45-5-2)32(43)26-40-20-18-39(19-21-40)22-23-44-3/h7-9,11-14,24H,4-6,10,15-23,25-26H2,1-3H3,(H2,36,37). The quantitative estimate of drug-likeness (QED) is 0.195. The number of carbonyl (C=O) groups excluding carboxylic acids is 1. The van der Waals surface area contributed by atoms with E-state index in [0.29, 0.717) is 32.1 Å². The third kappa shape index (κ3) is 8.31. The number of imidazole rings is 1. The van der Waals surface area contributed by atoms with Gasteiger partial charge in [0, 0.05) is 71.3 Å². The lowest BCUT2D eigenvalue weighted by Crippen LogP contribution is -2.50.